The van der Waals surface area contributed by atoms with Gasteiger partial charge < -0.3 is 9.64 Å². The summed E-state index contributed by atoms with van der Waals surface area (Å²) >= 11 is 0. The van der Waals surface area contributed by atoms with Crippen molar-refractivity contribution in [1.82, 2.24) is 4.90 Å². The Balaban J connectivity index is 2.47. The summed E-state index contributed by atoms with van der Waals surface area (Å²) in [4.78, 5) is 13.7. The highest BCUT2D eigenvalue weighted by molar-refractivity contribution is 5.80. The van der Waals surface area contributed by atoms with Crippen LogP contribution in [0.15, 0.2) is 0 Å². The molecule has 0 bridgehead atoms. The van der Waals surface area contributed by atoms with Crippen molar-refractivity contribution in [2.24, 2.45) is 5.92 Å². The van der Waals surface area contributed by atoms with Crippen LogP contribution < -0.4 is 0 Å². The molecule has 1 rings (SSSR count). The molecule has 0 aliphatic carbocycles. The number of ether oxygens (including phenoxy) is 1. The molecule has 14 heavy (non-hydrogen) atoms. The fourth-order valence-electron chi connectivity index (χ4n) is 1.96. The SMILES string of the molecule is CCC1CCCN(C(=O)C(C)OC)C1. The number of hydrogen-bond acceptors (Lipinski definition) is 2. The van der Waals surface area contributed by atoms with Gasteiger partial charge in [0.25, 0.3) is 5.91 Å². The van der Waals surface area contributed by atoms with Gasteiger partial charge in [0, 0.05) is 20.2 Å². The molecular weight excluding hydrogens is 178 g/mol. The number of amides is 1. The Labute approximate surface area is 86.4 Å². The molecule has 0 spiro atoms. The number of piperidine rings is 1. The molecule has 3 nitrogen and oxygen atoms in total. The lowest BCUT2D eigenvalue weighted by Gasteiger charge is -2.33. The summed E-state index contributed by atoms with van der Waals surface area (Å²) in [5.41, 5.74) is 0. The molecule has 1 saturated heterocycles. The first-order valence-electron chi connectivity index (χ1n) is 5.50. The second-order valence-corrected chi connectivity index (χ2v) is 4.08. The molecule has 1 fully saturated rings. The number of carbonyl (C=O) groups excluding carboxylic acids is 1. The fourth-order valence-corrected chi connectivity index (χ4v) is 1.96. The molecule has 1 aliphatic rings. The topological polar surface area (TPSA) is 29.5 Å². The second kappa shape index (κ2) is 5.35. The van der Waals surface area contributed by atoms with Gasteiger partial charge in [-0.05, 0) is 25.7 Å². The Hall–Kier alpha value is -0.570. The highest BCUT2D eigenvalue weighted by atomic mass is 16.5. The van der Waals surface area contributed by atoms with E-state index in [1.54, 1.807) is 7.11 Å². The Morgan fingerprint density at radius 1 is 1.64 bits per heavy atom. The van der Waals surface area contributed by atoms with Gasteiger partial charge in [0.15, 0.2) is 0 Å². The molecule has 0 aromatic heterocycles. The molecule has 2 atom stereocenters. The van der Waals surface area contributed by atoms with Crippen LogP contribution in [0.1, 0.15) is 33.1 Å². The van der Waals surface area contributed by atoms with Gasteiger partial charge >= 0.3 is 0 Å². The molecule has 1 aliphatic heterocycles. The number of nitrogens with zero attached hydrogens (tertiary/aromatic N) is 1. The van der Waals surface area contributed by atoms with E-state index in [2.05, 4.69) is 6.92 Å². The van der Waals surface area contributed by atoms with Gasteiger partial charge in [0.1, 0.15) is 6.10 Å². The Bertz CT molecular complexity index is 194. The van der Waals surface area contributed by atoms with E-state index in [0.717, 1.165) is 19.5 Å². The van der Waals surface area contributed by atoms with Crippen LogP contribution in [0.5, 0.6) is 0 Å². The lowest BCUT2D eigenvalue weighted by atomic mass is 9.95. The van der Waals surface area contributed by atoms with Crippen LogP contribution in [0, 0.1) is 5.92 Å². The molecule has 3 heteroatoms. The van der Waals surface area contributed by atoms with Crippen molar-refractivity contribution >= 4 is 5.91 Å². The van der Waals surface area contributed by atoms with Crippen LogP contribution >= 0.6 is 0 Å². The fraction of sp³-hybridized carbons (Fsp3) is 0.909. The third kappa shape index (κ3) is 2.71. The standard InChI is InChI=1S/C11H21NO2/c1-4-10-6-5-7-12(8-10)11(13)9(2)14-3/h9-10H,4-8H2,1-3H3. The molecule has 0 N–H and O–H groups in total. The van der Waals surface area contributed by atoms with E-state index >= 15 is 0 Å². The molecule has 2 unspecified atom stereocenters. The van der Waals surface area contributed by atoms with Gasteiger partial charge in [0.2, 0.25) is 0 Å². The van der Waals surface area contributed by atoms with Gasteiger partial charge in [-0.15, -0.1) is 0 Å². The monoisotopic (exact) mass is 199 g/mol. The van der Waals surface area contributed by atoms with Gasteiger partial charge in [0.05, 0.1) is 0 Å². The van der Waals surface area contributed by atoms with Crippen LogP contribution in [-0.4, -0.2) is 37.1 Å². The summed E-state index contributed by atoms with van der Waals surface area (Å²) < 4.78 is 5.04. The van der Waals surface area contributed by atoms with Crippen LogP contribution in [0.2, 0.25) is 0 Å². The molecule has 0 radical (unpaired) electrons. The summed E-state index contributed by atoms with van der Waals surface area (Å²) in [5, 5.41) is 0. The van der Waals surface area contributed by atoms with Crippen molar-refractivity contribution < 1.29 is 9.53 Å². The van der Waals surface area contributed by atoms with Gasteiger partial charge in [-0.1, -0.05) is 13.3 Å². The van der Waals surface area contributed by atoms with E-state index < -0.39 is 0 Å². The number of rotatable bonds is 3. The molecule has 1 amide bonds. The van der Waals surface area contributed by atoms with Crippen molar-refractivity contribution in [3.8, 4) is 0 Å². The van der Waals surface area contributed by atoms with Crippen molar-refractivity contribution in [3.63, 3.8) is 0 Å². The predicted octanol–water partition coefficient (Wildman–Crippen LogP) is 1.67. The third-order valence-corrected chi connectivity index (χ3v) is 3.11. The third-order valence-electron chi connectivity index (χ3n) is 3.11. The van der Waals surface area contributed by atoms with Gasteiger partial charge in [-0.25, -0.2) is 0 Å². The quantitative estimate of drug-likeness (QED) is 0.692. The van der Waals surface area contributed by atoms with E-state index in [1.807, 2.05) is 11.8 Å². The summed E-state index contributed by atoms with van der Waals surface area (Å²) in [7, 11) is 1.59. The molecular formula is C11H21NO2. The lowest BCUT2D eigenvalue weighted by molar-refractivity contribution is -0.142. The minimum atomic E-state index is -0.286. The first kappa shape index (κ1) is 11.5. The Morgan fingerprint density at radius 2 is 2.36 bits per heavy atom. The number of likely N-dealkylation sites (tertiary alicyclic amines) is 1. The average molecular weight is 199 g/mol. The molecule has 0 aromatic carbocycles. The van der Waals surface area contributed by atoms with E-state index in [0.29, 0.717) is 5.92 Å². The highest BCUT2D eigenvalue weighted by Crippen LogP contribution is 2.19. The number of methoxy groups -OCH3 is 1. The number of carbonyl (C=O) groups is 1. The smallest absolute Gasteiger partial charge is 0.251 e. The molecule has 82 valence electrons. The van der Waals surface area contributed by atoms with E-state index in [-0.39, 0.29) is 12.0 Å². The van der Waals surface area contributed by atoms with Crippen LogP contribution in [0.25, 0.3) is 0 Å². The van der Waals surface area contributed by atoms with E-state index in [4.69, 9.17) is 4.74 Å². The second-order valence-electron chi connectivity index (χ2n) is 4.08. The maximum absolute atomic E-state index is 11.8. The molecule has 0 saturated carbocycles. The van der Waals surface area contributed by atoms with Crippen molar-refractivity contribution in [2.75, 3.05) is 20.2 Å². The molecule has 0 aromatic rings. The van der Waals surface area contributed by atoms with E-state index in [9.17, 15) is 4.79 Å². The minimum absolute atomic E-state index is 0.144. The van der Waals surface area contributed by atoms with Crippen molar-refractivity contribution in [1.29, 1.82) is 0 Å². The molecule has 1 heterocycles. The maximum atomic E-state index is 11.8. The van der Waals surface area contributed by atoms with Crippen molar-refractivity contribution in [2.45, 2.75) is 39.2 Å². The van der Waals surface area contributed by atoms with Crippen molar-refractivity contribution in [3.05, 3.63) is 0 Å². The van der Waals surface area contributed by atoms with Gasteiger partial charge in [-0.2, -0.15) is 0 Å². The first-order chi connectivity index (χ1) is 6.69. The zero-order chi connectivity index (χ0) is 10.6. The van der Waals surface area contributed by atoms with E-state index in [1.165, 1.54) is 12.8 Å². The summed E-state index contributed by atoms with van der Waals surface area (Å²) in [6, 6.07) is 0. The number of hydrogen-bond donors (Lipinski definition) is 0. The van der Waals surface area contributed by atoms with Crippen LogP contribution in [-0.2, 0) is 9.53 Å². The Morgan fingerprint density at radius 3 is 2.93 bits per heavy atom. The minimum Gasteiger partial charge on any atom is -0.372 e. The largest absolute Gasteiger partial charge is 0.372 e. The lowest BCUT2D eigenvalue weighted by Crippen LogP contribution is -2.44. The zero-order valence-corrected chi connectivity index (χ0v) is 9.45. The normalized spacial score (nSPS) is 24.8. The highest BCUT2D eigenvalue weighted by Gasteiger charge is 2.25. The maximum Gasteiger partial charge on any atom is 0.251 e. The average Bonchev–Trinajstić information content (AvgIpc) is 2.27. The van der Waals surface area contributed by atoms with Crippen LogP contribution in [0.3, 0.4) is 0 Å². The summed E-state index contributed by atoms with van der Waals surface area (Å²) in [5.74, 6) is 0.836. The zero-order valence-electron chi connectivity index (χ0n) is 9.45. The van der Waals surface area contributed by atoms with Gasteiger partial charge in [-0.3, -0.25) is 4.79 Å². The Kier molecular flexibility index (Phi) is 4.39. The summed E-state index contributed by atoms with van der Waals surface area (Å²) in [6.07, 6.45) is 3.29. The predicted molar refractivity (Wildman–Crippen MR) is 56.1 cm³/mol. The summed E-state index contributed by atoms with van der Waals surface area (Å²) in [6.45, 7) is 5.84. The first-order valence-corrected chi connectivity index (χ1v) is 5.50. The van der Waals surface area contributed by atoms with Crippen LogP contribution in [0.4, 0.5) is 0 Å².